The fourth-order valence-electron chi connectivity index (χ4n) is 0.384. The Kier molecular flexibility index (Phi) is 5.77. The normalized spacial score (nSPS) is 11.5. The molecule has 0 aromatic carbocycles. The number of methoxy groups -OCH3 is 1. The first kappa shape index (κ1) is 9.17. The molecule has 0 rings (SSSR count). The molecule has 0 aliphatic rings. The zero-order valence-electron chi connectivity index (χ0n) is 6.74. The molecule has 0 unspecified atom stereocenters. The molecular weight excluding hydrogens is 128 g/mol. The summed E-state index contributed by atoms with van der Waals surface area (Å²) in [7, 11) is 5.41. The fourth-order valence-corrected chi connectivity index (χ4v) is 0.384. The Labute approximate surface area is 62.0 Å². The van der Waals surface area contributed by atoms with Crippen molar-refractivity contribution in [2.75, 3.05) is 27.8 Å². The van der Waals surface area contributed by atoms with Crippen molar-refractivity contribution in [3.8, 4) is 0 Å². The van der Waals surface area contributed by atoms with Crippen molar-refractivity contribution >= 4 is 6.21 Å². The molecule has 0 aliphatic heterocycles. The van der Waals surface area contributed by atoms with E-state index >= 15 is 0 Å². The zero-order valence-corrected chi connectivity index (χ0v) is 6.74. The summed E-state index contributed by atoms with van der Waals surface area (Å²) >= 11 is 0. The molecular formula is C7H14N2O. The largest absolute Gasteiger partial charge is 0.381 e. The van der Waals surface area contributed by atoms with Gasteiger partial charge in [0.1, 0.15) is 0 Å². The Balaban J connectivity index is 3.32. The lowest BCUT2D eigenvalue weighted by Gasteiger charge is -1.99. The number of hydrazone groups is 1. The van der Waals surface area contributed by atoms with Crippen LogP contribution in [0.3, 0.4) is 0 Å². The molecule has 58 valence electrons. The second kappa shape index (κ2) is 6.29. The maximum Gasteiger partial charge on any atom is 0.0647 e. The van der Waals surface area contributed by atoms with Crippen molar-refractivity contribution in [3.05, 3.63) is 12.2 Å². The number of hydrogen-bond acceptors (Lipinski definition) is 3. The van der Waals surface area contributed by atoms with Gasteiger partial charge in [0, 0.05) is 27.4 Å². The predicted molar refractivity (Wildman–Crippen MR) is 43.2 cm³/mol. The van der Waals surface area contributed by atoms with Gasteiger partial charge in [0.15, 0.2) is 0 Å². The lowest BCUT2D eigenvalue weighted by atomic mass is 10.5. The zero-order chi connectivity index (χ0) is 7.82. The summed E-state index contributed by atoms with van der Waals surface area (Å²) in [4.78, 5) is 0. The van der Waals surface area contributed by atoms with Crippen LogP contribution in [-0.4, -0.2) is 39.0 Å². The molecule has 0 saturated heterocycles. The van der Waals surface area contributed by atoms with E-state index in [2.05, 4.69) is 5.10 Å². The molecule has 0 heterocycles. The number of ether oxygens (including phenoxy) is 1. The van der Waals surface area contributed by atoms with Crippen molar-refractivity contribution < 1.29 is 4.74 Å². The predicted octanol–water partition coefficient (Wildman–Crippen LogP) is 0.736. The van der Waals surface area contributed by atoms with Crippen LogP contribution in [0.4, 0.5) is 0 Å². The summed E-state index contributed by atoms with van der Waals surface area (Å²) in [5, 5.41) is 5.70. The van der Waals surface area contributed by atoms with Crippen molar-refractivity contribution in [3.63, 3.8) is 0 Å². The summed E-state index contributed by atoms with van der Waals surface area (Å²) in [6, 6.07) is 0. The van der Waals surface area contributed by atoms with Crippen LogP contribution in [-0.2, 0) is 4.74 Å². The van der Waals surface area contributed by atoms with Crippen LogP contribution in [0.1, 0.15) is 0 Å². The van der Waals surface area contributed by atoms with Crippen LogP contribution in [0.5, 0.6) is 0 Å². The van der Waals surface area contributed by atoms with Gasteiger partial charge in [-0.15, -0.1) is 0 Å². The number of hydrogen-bond donors (Lipinski definition) is 0. The first-order chi connectivity index (χ1) is 4.77. The van der Waals surface area contributed by atoms with E-state index in [9.17, 15) is 0 Å². The van der Waals surface area contributed by atoms with Gasteiger partial charge in [-0.1, -0.05) is 6.08 Å². The minimum absolute atomic E-state index is 0.638. The van der Waals surface area contributed by atoms with Gasteiger partial charge in [-0.2, -0.15) is 5.10 Å². The van der Waals surface area contributed by atoms with Gasteiger partial charge in [-0.3, -0.25) is 0 Å². The Morgan fingerprint density at radius 2 is 2.20 bits per heavy atom. The van der Waals surface area contributed by atoms with Crippen LogP contribution in [0.25, 0.3) is 0 Å². The minimum atomic E-state index is 0.638. The first-order valence-corrected chi connectivity index (χ1v) is 3.12. The second-order valence-electron chi connectivity index (χ2n) is 2.00. The summed E-state index contributed by atoms with van der Waals surface area (Å²) < 4.78 is 4.79. The minimum Gasteiger partial charge on any atom is -0.381 e. The van der Waals surface area contributed by atoms with Gasteiger partial charge < -0.3 is 9.75 Å². The van der Waals surface area contributed by atoms with Crippen molar-refractivity contribution in [1.29, 1.82) is 0 Å². The monoisotopic (exact) mass is 142 g/mol. The molecule has 0 spiro atoms. The van der Waals surface area contributed by atoms with E-state index in [0.717, 1.165) is 0 Å². The smallest absolute Gasteiger partial charge is 0.0647 e. The lowest BCUT2D eigenvalue weighted by Crippen LogP contribution is -2.00. The van der Waals surface area contributed by atoms with Crippen LogP contribution >= 0.6 is 0 Å². The molecule has 0 atom stereocenters. The number of rotatable bonds is 4. The van der Waals surface area contributed by atoms with Gasteiger partial charge in [0.05, 0.1) is 6.61 Å². The molecule has 0 amide bonds. The molecule has 0 bridgehead atoms. The van der Waals surface area contributed by atoms with Crippen molar-refractivity contribution in [2.45, 2.75) is 0 Å². The van der Waals surface area contributed by atoms with E-state index in [-0.39, 0.29) is 0 Å². The van der Waals surface area contributed by atoms with E-state index in [4.69, 9.17) is 4.74 Å². The van der Waals surface area contributed by atoms with Crippen molar-refractivity contribution in [1.82, 2.24) is 5.01 Å². The van der Waals surface area contributed by atoms with E-state index in [0.29, 0.717) is 6.61 Å². The standard InChI is InChI=1S/C7H14N2O/c1-9(2)8-6-4-5-7-10-3/h4-6H,7H2,1-3H3/b5-4+,8-6?. The van der Waals surface area contributed by atoms with Gasteiger partial charge in [0.25, 0.3) is 0 Å². The Bertz CT molecular complexity index is 119. The van der Waals surface area contributed by atoms with E-state index in [1.807, 2.05) is 26.2 Å². The summed E-state index contributed by atoms with van der Waals surface area (Å²) in [6.45, 7) is 0.638. The fraction of sp³-hybridized carbons (Fsp3) is 0.571. The molecule has 3 nitrogen and oxygen atoms in total. The molecule has 0 aromatic rings. The summed E-state index contributed by atoms with van der Waals surface area (Å²) in [5.41, 5.74) is 0. The topological polar surface area (TPSA) is 24.8 Å². The molecule has 0 radical (unpaired) electrons. The van der Waals surface area contributed by atoms with Gasteiger partial charge in [-0.05, 0) is 6.08 Å². The third-order valence-corrected chi connectivity index (χ3v) is 0.783. The molecule has 0 fully saturated rings. The Hall–Kier alpha value is -0.830. The van der Waals surface area contributed by atoms with Crippen LogP contribution < -0.4 is 0 Å². The van der Waals surface area contributed by atoms with Crippen LogP contribution in [0, 0.1) is 0 Å². The number of allylic oxidation sites excluding steroid dienone is 1. The summed E-state index contributed by atoms with van der Waals surface area (Å²) in [6.07, 6.45) is 5.47. The molecule has 0 saturated carbocycles. The SMILES string of the molecule is COC/C=C/C=NN(C)C. The molecule has 0 N–H and O–H groups in total. The van der Waals surface area contributed by atoms with E-state index < -0.39 is 0 Å². The average molecular weight is 142 g/mol. The third-order valence-electron chi connectivity index (χ3n) is 0.783. The van der Waals surface area contributed by atoms with Gasteiger partial charge in [-0.25, -0.2) is 0 Å². The van der Waals surface area contributed by atoms with Crippen LogP contribution in [0.2, 0.25) is 0 Å². The number of nitrogens with zero attached hydrogens (tertiary/aromatic N) is 2. The Morgan fingerprint density at radius 3 is 2.70 bits per heavy atom. The first-order valence-electron chi connectivity index (χ1n) is 3.12. The van der Waals surface area contributed by atoms with Crippen molar-refractivity contribution in [2.24, 2.45) is 5.10 Å². The highest BCUT2D eigenvalue weighted by atomic mass is 16.5. The second-order valence-corrected chi connectivity index (χ2v) is 2.00. The maximum atomic E-state index is 4.79. The van der Waals surface area contributed by atoms with Crippen LogP contribution in [0.15, 0.2) is 17.3 Å². The molecule has 3 heteroatoms. The van der Waals surface area contributed by atoms with E-state index in [1.54, 1.807) is 18.3 Å². The van der Waals surface area contributed by atoms with Gasteiger partial charge in [0.2, 0.25) is 0 Å². The third kappa shape index (κ3) is 7.17. The Morgan fingerprint density at radius 1 is 1.50 bits per heavy atom. The lowest BCUT2D eigenvalue weighted by molar-refractivity contribution is 0.234. The maximum absolute atomic E-state index is 4.79. The molecule has 10 heavy (non-hydrogen) atoms. The summed E-state index contributed by atoms with van der Waals surface area (Å²) in [5.74, 6) is 0. The van der Waals surface area contributed by atoms with Gasteiger partial charge >= 0.3 is 0 Å². The highest BCUT2D eigenvalue weighted by Gasteiger charge is 1.72. The molecule has 0 aliphatic carbocycles. The highest BCUT2D eigenvalue weighted by Crippen LogP contribution is 1.74. The quantitative estimate of drug-likeness (QED) is 0.427. The van der Waals surface area contributed by atoms with E-state index in [1.165, 1.54) is 0 Å². The molecule has 0 aromatic heterocycles. The average Bonchev–Trinajstić information content (AvgIpc) is 1.87. The highest BCUT2D eigenvalue weighted by molar-refractivity contribution is 5.70.